The van der Waals surface area contributed by atoms with Crippen molar-refractivity contribution in [2.75, 3.05) is 21.3 Å². The summed E-state index contributed by atoms with van der Waals surface area (Å²) < 4.78 is 16.8. The predicted octanol–water partition coefficient (Wildman–Crippen LogP) is 2.63. The summed E-state index contributed by atoms with van der Waals surface area (Å²) in [6.07, 6.45) is 0. The van der Waals surface area contributed by atoms with Crippen molar-refractivity contribution in [3.8, 4) is 17.2 Å². The van der Waals surface area contributed by atoms with Crippen LogP contribution in [0, 0.1) is 10.5 Å². The van der Waals surface area contributed by atoms with Crippen molar-refractivity contribution in [2.45, 2.75) is 6.92 Å². The van der Waals surface area contributed by atoms with Gasteiger partial charge in [-0.3, -0.25) is 0 Å². The van der Waals surface area contributed by atoms with E-state index in [0.717, 1.165) is 14.9 Å². The average molecular weight is 308 g/mol. The second kappa shape index (κ2) is 4.72. The Morgan fingerprint density at radius 3 is 2.00 bits per heavy atom. The van der Waals surface area contributed by atoms with E-state index in [4.69, 9.17) is 14.2 Å². The first-order valence-electron chi connectivity index (χ1n) is 4.10. The van der Waals surface area contributed by atoms with Gasteiger partial charge in [0.1, 0.15) is 0 Å². The van der Waals surface area contributed by atoms with E-state index in [1.165, 1.54) is 0 Å². The maximum absolute atomic E-state index is 5.28. The molecule has 0 saturated heterocycles. The summed E-state index contributed by atoms with van der Waals surface area (Å²) in [5.41, 5.74) is 1.06. The molecule has 0 aliphatic heterocycles. The molecule has 0 aliphatic rings. The Labute approximate surface area is 97.5 Å². The van der Waals surface area contributed by atoms with E-state index >= 15 is 0 Å². The van der Waals surface area contributed by atoms with Crippen LogP contribution in [0.2, 0.25) is 0 Å². The molecule has 0 amide bonds. The minimum absolute atomic E-state index is 0.646. The molecule has 0 atom stereocenters. The van der Waals surface area contributed by atoms with Gasteiger partial charge in [-0.1, -0.05) is 0 Å². The summed E-state index contributed by atoms with van der Waals surface area (Å²) in [6.45, 7) is 1.99. The highest BCUT2D eigenvalue weighted by atomic mass is 127. The number of methoxy groups -OCH3 is 3. The van der Waals surface area contributed by atoms with Gasteiger partial charge in [-0.2, -0.15) is 0 Å². The fourth-order valence-corrected chi connectivity index (χ4v) is 1.80. The first-order valence-corrected chi connectivity index (χ1v) is 5.18. The molecule has 3 nitrogen and oxygen atoms in total. The Hall–Kier alpha value is -0.650. The predicted molar refractivity (Wildman–Crippen MR) is 63.6 cm³/mol. The van der Waals surface area contributed by atoms with Crippen molar-refractivity contribution in [3.05, 3.63) is 15.2 Å². The van der Waals surface area contributed by atoms with Crippen LogP contribution in [-0.4, -0.2) is 21.3 Å². The van der Waals surface area contributed by atoms with Gasteiger partial charge in [0.2, 0.25) is 5.75 Å². The summed E-state index contributed by atoms with van der Waals surface area (Å²) >= 11 is 2.24. The van der Waals surface area contributed by atoms with E-state index in [1.54, 1.807) is 21.3 Å². The van der Waals surface area contributed by atoms with Gasteiger partial charge in [0.05, 0.1) is 21.3 Å². The third kappa shape index (κ3) is 1.89. The number of hydrogen-bond acceptors (Lipinski definition) is 3. The second-order valence-corrected chi connectivity index (χ2v) is 3.91. The molecule has 0 radical (unpaired) electrons. The quantitative estimate of drug-likeness (QED) is 0.804. The fraction of sp³-hybridized carbons (Fsp3) is 0.400. The van der Waals surface area contributed by atoms with E-state index in [0.29, 0.717) is 11.5 Å². The van der Waals surface area contributed by atoms with Crippen molar-refractivity contribution in [2.24, 2.45) is 0 Å². The Bertz CT molecular complexity index is 337. The number of rotatable bonds is 3. The molecule has 0 N–H and O–H groups in total. The molecular formula is C10H13IO3. The topological polar surface area (TPSA) is 27.7 Å². The van der Waals surface area contributed by atoms with Gasteiger partial charge in [0, 0.05) is 9.13 Å². The normalized spacial score (nSPS) is 9.79. The molecule has 0 aliphatic carbocycles. The first kappa shape index (κ1) is 11.4. The average Bonchev–Trinajstić information content (AvgIpc) is 2.20. The lowest BCUT2D eigenvalue weighted by Gasteiger charge is -2.15. The van der Waals surface area contributed by atoms with Gasteiger partial charge in [0.25, 0.3) is 0 Å². The van der Waals surface area contributed by atoms with Crippen LogP contribution in [0.5, 0.6) is 17.2 Å². The van der Waals surface area contributed by atoms with E-state index in [1.807, 2.05) is 13.0 Å². The van der Waals surface area contributed by atoms with E-state index in [-0.39, 0.29) is 0 Å². The minimum Gasteiger partial charge on any atom is -0.493 e. The highest BCUT2D eigenvalue weighted by molar-refractivity contribution is 14.1. The molecule has 0 aromatic heterocycles. The zero-order valence-corrected chi connectivity index (χ0v) is 10.8. The number of benzene rings is 1. The molecule has 1 rings (SSSR count). The molecule has 4 heteroatoms. The van der Waals surface area contributed by atoms with Crippen LogP contribution in [-0.2, 0) is 0 Å². The maximum atomic E-state index is 5.28. The smallest absolute Gasteiger partial charge is 0.203 e. The first-order chi connectivity index (χ1) is 6.65. The van der Waals surface area contributed by atoms with Crippen LogP contribution >= 0.6 is 22.6 Å². The zero-order valence-electron chi connectivity index (χ0n) is 8.68. The third-order valence-corrected chi connectivity index (χ3v) is 3.14. The van der Waals surface area contributed by atoms with Crippen LogP contribution in [0.3, 0.4) is 0 Å². The molecule has 1 aromatic carbocycles. The molecular weight excluding hydrogens is 295 g/mol. The monoisotopic (exact) mass is 308 g/mol. The van der Waals surface area contributed by atoms with Crippen LogP contribution < -0.4 is 14.2 Å². The summed E-state index contributed by atoms with van der Waals surface area (Å²) in [5, 5.41) is 0. The van der Waals surface area contributed by atoms with Crippen molar-refractivity contribution in [1.82, 2.24) is 0 Å². The van der Waals surface area contributed by atoms with Crippen LogP contribution in [0.1, 0.15) is 5.56 Å². The van der Waals surface area contributed by atoms with Crippen molar-refractivity contribution >= 4 is 22.6 Å². The van der Waals surface area contributed by atoms with Gasteiger partial charge >= 0.3 is 0 Å². The fourth-order valence-electron chi connectivity index (χ4n) is 1.27. The van der Waals surface area contributed by atoms with Crippen LogP contribution in [0.25, 0.3) is 0 Å². The largest absolute Gasteiger partial charge is 0.493 e. The maximum Gasteiger partial charge on any atom is 0.203 e. The number of ether oxygens (including phenoxy) is 3. The summed E-state index contributed by atoms with van der Waals surface area (Å²) in [4.78, 5) is 0. The highest BCUT2D eigenvalue weighted by Gasteiger charge is 2.16. The summed E-state index contributed by atoms with van der Waals surface area (Å²) in [7, 11) is 4.84. The lowest BCUT2D eigenvalue weighted by molar-refractivity contribution is 0.322. The summed E-state index contributed by atoms with van der Waals surface area (Å²) in [5.74, 6) is 2.07. The number of hydrogen-bond donors (Lipinski definition) is 0. The lowest BCUT2D eigenvalue weighted by Crippen LogP contribution is -1.98. The second-order valence-electron chi connectivity index (χ2n) is 2.75. The minimum atomic E-state index is 0.646. The zero-order chi connectivity index (χ0) is 10.7. The molecule has 0 heterocycles. The molecule has 0 bridgehead atoms. The van der Waals surface area contributed by atoms with Crippen LogP contribution in [0.4, 0.5) is 0 Å². The molecule has 0 saturated carbocycles. The molecule has 1 aromatic rings. The van der Waals surface area contributed by atoms with E-state index in [2.05, 4.69) is 22.6 Å². The Morgan fingerprint density at radius 2 is 1.57 bits per heavy atom. The van der Waals surface area contributed by atoms with Gasteiger partial charge < -0.3 is 14.2 Å². The van der Waals surface area contributed by atoms with Crippen molar-refractivity contribution in [3.63, 3.8) is 0 Å². The van der Waals surface area contributed by atoms with Gasteiger partial charge in [0.15, 0.2) is 11.5 Å². The highest BCUT2D eigenvalue weighted by Crippen LogP contribution is 2.41. The molecule has 0 fully saturated rings. The standard InChI is InChI=1S/C10H13IO3/c1-6-7(11)5-8(12-2)10(14-4)9(6)13-3/h5H,1-4H3. The van der Waals surface area contributed by atoms with Crippen LogP contribution in [0.15, 0.2) is 6.07 Å². The van der Waals surface area contributed by atoms with Gasteiger partial charge in [-0.15, -0.1) is 0 Å². The molecule has 78 valence electrons. The number of halogens is 1. The SMILES string of the molecule is COc1cc(I)c(C)c(OC)c1OC. The van der Waals surface area contributed by atoms with Gasteiger partial charge in [-0.25, -0.2) is 0 Å². The van der Waals surface area contributed by atoms with Crippen molar-refractivity contribution < 1.29 is 14.2 Å². The molecule has 0 unspecified atom stereocenters. The van der Waals surface area contributed by atoms with Crippen molar-refractivity contribution in [1.29, 1.82) is 0 Å². The molecule has 0 spiro atoms. The Balaban J connectivity index is 3.42. The van der Waals surface area contributed by atoms with E-state index < -0.39 is 0 Å². The third-order valence-electron chi connectivity index (χ3n) is 2.01. The Kier molecular flexibility index (Phi) is 3.86. The van der Waals surface area contributed by atoms with E-state index in [9.17, 15) is 0 Å². The lowest BCUT2D eigenvalue weighted by atomic mass is 10.2. The molecule has 14 heavy (non-hydrogen) atoms. The summed E-state index contributed by atoms with van der Waals surface area (Å²) in [6, 6.07) is 1.93. The van der Waals surface area contributed by atoms with Gasteiger partial charge in [-0.05, 0) is 35.6 Å². The Morgan fingerprint density at radius 1 is 1.00 bits per heavy atom.